The number of Topliss-reactive ketones (excluding diaryl/α,β-unsaturated/α-hetero) is 1. The van der Waals surface area contributed by atoms with Gasteiger partial charge in [0.1, 0.15) is 0 Å². The van der Waals surface area contributed by atoms with Crippen molar-refractivity contribution in [2.45, 2.75) is 6.42 Å². The number of carbonyl (C=O) groups is 1. The molecule has 80 valence electrons. The minimum atomic E-state index is -0.0456. The van der Waals surface area contributed by atoms with E-state index in [-0.39, 0.29) is 12.2 Å². The minimum Gasteiger partial charge on any atom is -0.461 e. The summed E-state index contributed by atoms with van der Waals surface area (Å²) in [6, 6.07) is 3.37. The van der Waals surface area contributed by atoms with Gasteiger partial charge in [0, 0.05) is 17.8 Å². The van der Waals surface area contributed by atoms with Crippen LogP contribution in [0.3, 0.4) is 0 Å². The topological polar surface area (TPSA) is 47.5 Å². The zero-order chi connectivity index (χ0) is 11.0. The second kappa shape index (κ2) is 3.61. The molecule has 0 unspecified atom stereocenters. The Labute approximate surface area is 95.2 Å². The molecule has 0 amide bonds. The van der Waals surface area contributed by atoms with Crippen LogP contribution in [-0.4, -0.2) is 15.2 Å². The van der Waals surface area contributed by atoms with Crippen LogP contribution in [0, 0.1) is 0 Å². The van der Waals surface area contributed by atoms with Gasteiger partial charge in [0.2, 0.25) is 5.78 Å². The summed E-state index contributed by atoms with van der Waals surface area (Å²) < 4.78 is 6.95. The Morgan fingerprint density at radius 3 is 3.25 bits per heavy atom. The standard InChI is InChI=1S/C11H8N2O2S/c14-9(10-2-1-4-15-10)6-8-7-13-3-5-16-11(13)12-8/h1-5,7H,6H2. The van der Waals surface area contributed by atoms with Crippen molar-refractivity contribution in [3.8, 4) is 0 Å². The Bertz CT molecular complexity index is 593. The van der Waals surface area contributed by atoms with Crippen LogP contribution in [0.25, 0.3) is 4.96 Å². The molecule has 3 heterocycles. The van der Waals surface area contributed by atoms with E-state index in [4.69, 9.17) is 4.42 Å². The Morgan fingerprint density at radius 2 is 2.50 bits per heavy atom. The second-order valence-electron chi connectivity index (χ2n) is 3.40. The number of nitrogens with zero attached hydrogens (tertiary/aromatic N) is 2. The first-order valence-corrected chi connectivity index (χ1v) is 5.69. The van der Waals surface area contributed by atoms with Crippen LogP contribution >= 0.6 is 11.3 Å². The molecule has 4 nitrogen and oxygen atoms in total. The van der Waals surface area contributed by atoms with Crippen LogP contribution in [0.4, 0.5) is 0 Å². The lowest BCUT2D eigenvalue weighted by Gasteiger charge is -1.92. The summed E-state index contributed by atoms with van der Waals surface area (Å²) in [7, 11) is 0. The molecule has 0 fully saturated rings. The third-order valence-electron chi connectivity index (χ3n) is 2.28. The Morgan fingerprint density at radius 1 is 1.56 bits per heavy atom. The van der Waals surface area contributed by atoms with Crippen LogP contribution < -0.4 is 0 Å². The molecule has 0 N–H and O–H groups in total. The molecule has 0 atom stereocenters. The summed E-state index contributed by atoms with van der Waals surface area (Å²) >= 11 is 1.55. The fraction of sp³-hybridized carbons (Fsp3) is 0.0909. The first-order valence-electron chi connectivity index (χ1n) is 4.81. The van der Waals surface area contributed by atoms with E-state index in [0.717, 1.165) is 10.7 Å². The van der Waals surface area contributed by atoms with E-state index < -0.39 is 0 Å². The molecule has 0 saturated heterocycles. The molecule has 3 aromatic rings. The van der Waals surface area contributed by atoms with E-state index in [9.17, 15) is 4.79 Å². The molecular formula is C11H8N2O2S. The third-order valence-corrected chi connectivity index (χ3v) is 3.05. The lowest BCUT2D eigenvalue weighted by molar-refractivity contribution is 0.0965. The van der Waals surface area contributed by atoms with Gasteiger partial charge in [-0.15, -0.1) is 11.3 Å². The van der Waals surface area contributed by atoms with E-state index in [1.165, 1.54) is 6.26 Å². The molecule has 0 aromatic carbocycles. The van der Waals surface area contributed by atoms with Gasteiger partial charge in [0.05, 0.1) is 18.4 Å². The molecule has 3 rings (SSSR count). The summed E-state index contributed by atoms with van der Waals surface area (Å²) in [5.74, 6) is 0.340. The maximum atomic E-state index is 11.7. The van der Waals surface area contributed by atoms with Crippen LogP contribution in [0.2, 0.25) is 0 Å². The fourth-order valence-corrected chi connectivity index (χ4v) is 2.27. The van der Waals surface area contributed by atoms with Crippen molar-refractivity contribution in [1.82, 2.24) is 9.38 Å². The molecule has 0 aliphatic heterocycles. The van der Waals surface area contributed by atoms with E-state index in [0.29, 0.717) is 5.76 Å². The predicted octanol–water partition coefficient (Wildman–Crippen LogP) is 2.41. The highest BCUT2D eigenvalue weighted by molar-refractivity contribution is 7.15. The predicted molar refractivity (Wildman–Crippen MR) is 59.8 cm³/mol. The van der Waals surface area contributed by atoms with Crippen molar-refractivity contribution >= 4 is 22.1 Å². The molecule has 3 aromatic heterocycles. The van der Waals surface area contributed by atoms with Crippen molar-refractivity contribution in [2.75, 3.05) is 0 Å². The summed E-state index contributed by atoms with van der Waals surface area (Å²) in [5, 5.41) is 1.96. The second-order valence-corrected chi connectivity index (χ2v) is 4.28. The molecule has 5 heteroatoms. The maximum Gasteiger partial charge on any atom is 0.203 e. The highest BCUT2D eigenvalue weighted by Crippen LogP contribution is 2.13. The first-order chi connectivity index (χ1) is 7.83. The summed E-state index contributed by atoms with van der Waals surface area (Å²) in [6.45, 7) is 0. The quantitative estimate of drug-likeness (QED) is 0.651. The minimum absolute atomic E-state index is 0.0456. The Hall–Kier alpha value is -1.88. The van der Waals surface area contributed by atoms with Crippen molar-refractivity contribution in [3.05, 3.63) is 47.6 Å². The van der Waals surface area contributed by atoms with Gasteiger partial charge in [0.15, 0.2) is 10.7 Å². The van der Waals surface area contributed by atoms with Gasteiger partial charge in [-0.2, -0.15) is 0 Å². The highest BCUT2D eigenvalue weighted by Gasteiger charge is 2.12. The van der Waals surface area contributed by atoms with Gasteiger partial charge in [-0.05, 0) is 12.1 Å². The van der Waals surface area contributed by atoms with Crippen molar-refractivity contribution < 1.29 is 9.21 Å². The van der Waals surface area contributed by atoms with Crippen molar-refractivity contribution in [3.63, 3.8) is 0 Å². The number of furan rings is 1. The van der Waals surface area contributed by atoms with Crippen molar-refractivity contribution in [1.29, 1.82) is 0 Å². The molecule has 0 spiro atoms. The van der Waals surface area contributed by atoms with Gasteiger partial charge in [-0.3, -0.25) is 9.20 Å². The largest absolute Gasteiger partial charge is 0.461 e. The molecule has 0 aliphatic rings. The summed E-state index contributed by atoms with van der Waals surface area (Å²) in [5.41, 5.74) is 0.772. The SMILES string of the molecule is O=C(Cc1cn2ccsc2n1)c1ccco1. The Balaban J connectivity index is 1.85. The third kappa shape index (κ3) is 1.55. The monoisotopic (exact) mass is 232 g/mol. The van der Waals surface area contributed by atoms with Gasteiger partial charge in [-0.1, -0.05) is 0 Å². The van der Waals surface area contributed by atoms with Gasteiger partial charge < -0.3 is 4.42 Å². The number of imidazole rings is 1. The van der Waals surface area contributed by atoms with Crippen LogP contribution in [0.15, 0.2) is 40.6 Å². The van der Waals surface area contributed by atoms with Crippen LogP contribution in [0.5, 0.6) is 0 Å². The zero-order valence-corrected chi connectivity index (χ0v) is 9.11. The van der Waals surface area contributed by atoms with E-state index in [2.05, 4.69) is 4.98 Å². The smallest absolute Gasteiger partial charge is 0.203 e. The first kappa shape index (κ1) is 9.35. The number of hydrogen-bond acceptors (Lipinski definition) is 4. The van der Waals surface area contributed by atoms with Gasteiger partial charge >= 0.3 is 0 Å². The number of thiazole rings is 1. The van der Waals surface area contributed by atoms with Crippen LogP contribution in [-0.2, 0) is 6.42 Å². The average Bonchev–Trinajstić information content (AvgIpc) is 2.91. The lowest BCUT2D eigenvalue weighted by atomic mass is 10.2. The Kier molecular flexibility index (Phi) is 2.11. The average molecular weight is 232 g/mol. The fourth-order valence-electron chi connectivity index (χ4n) is 1.55. The lowest BCUT2D eigenvalue weighted by Crippen LogP contribution is -2.02. The van der Waals surface area contributed by atoms with Gasteiger partial charge in [0.25, 0.3) is 0 Å². The van der Waals surface area contributed by atoms with E-state index in [1.807, 2.05) is 22.2 Å². The molecule has 0 bridgehead atoms. The highest BCUT2D eigenvalue weighted by atomic mass is 32.1. The normalized spacial score (nSPS) is 11.0. The van der Waals surface area contributed by atoms with E-state index in [1.54, 1.807) is 23.5 Å². The molecular weight excluding hydrogens is 224 g/mol. The van der Waals surface area contributed by atoms with E-state index >= 15 is 0 Å². The number of carbonyl (C=O) groups excluding carboxylic acids is 1. The molecule has 0 radical (unpaired) electrons. The maximum absolute atomic E-state index is 11.7. The van der Waals surface area contributed by atoms with Crippen LogP contribution in [0.1, 0.15) is 16.2 Å². The molecule has 0 aliphatic carbocycles. The van der Waals surface area contributed by atoms with Crippen molar-refractivity contribution in [2.24, 2.45) is 0 Å². The number of aromatic nitrogens is 2. The number of ketones is 1. The number of rotatable bonds is 3. The molecule has 16 heavy (non-hydrogen) atoms. The zero-order valence-electron chi connectivity index (χ0n) is 8.29. The summed E-state index contributed by atoms with van der Waals surface area (Å²) in [4.78, 5) is 17.0. The number of hydrogen-bond donors (Lipinski definition) is 0. The summed E-state index contributed by atoms with van der Waals surface area (Å²) in [6.07, 6.45) is 5.57. The van der Waals surface area contributed by atoms with Gasteiger partial charge in [-0.25, -0.2) is 4.98 Å². The number of fused-ring (bicyclic) bond motifs is 1. The molecule has 0 saturated carbocycles.